The van der Waals surface area contributed by atoms with Gasteiger partial charge in [0.05, 0.1) is 18.5 Å². The Bertz CT molecular complexity index is 1010. The van der Waals surface area contributed by atoms with E-state index in [9.17, 15) is 0 Å². The van der Waals surface area contributed by atoms with Crippen molar-refractivity contribution in [1.29, 1.82) is 0 Å². The van der Waals surface area contributed by atoms with Crippen molar-refractivity contribution >= 4 is 15.9 Å². The number of imidazole rings is 1. The fourth-order valence-electron chi connectivity index (χ4n) is 2.89. The summed E-state index contributed by atoms with van der Waals surface area (Å²) < 4.78 is 6.30. The minimum absolute atomic E-state index is 0.830. The molecule has 4 rings (SSSR count). The number of rotatable bonds is 4. The van der Waals surface area contributed by atoms with Crippen LogP contribution in [-0.4, -0.2) is 17.1 Å². The number of nitrogens with one attached hydrogen (secondary N) is 1. The molecule has 1 aromatic heterocycles. The van der Waals surface area contributed by atoms with Crippen LogP contribution in [0, 0.1) is 0 Å². The van der Waals surface area contributed by atoms with Crippen molar-refractivity contribution in [2.75, 3.05) is 7.11 Å². The first-order chi connectivity index (χ1) is 12.7. The Hall–Kier alpha value is -2.85. The van der Waals surface area contributed by atoms with Gasteiger partial charge in [0.25, 0.3) is 0 Å². The summed E-state index contributed by atoms with van der Waals surface area (Å²) in [5.74, 6) is 1.67. The highest BCUT2D eigenvalue weighted by molar-refractivity contribution is 9.10. The summed E-state index contributed by atoms with van der Waals surface area (Å²) in [5, 5.41) is 0. The molecule has 128 valence electrons. The number of nitrogens with zero attached hydrogens (tertiary/aromatic N) is 1. The van der Waals surface area contributed by atoms with Crippen LogP contribution in [0.25, 0.3) is 33.9 Å². The topological polar surface area (TPSA) is 37.9 Å². The van der Waals surface area contributed by atoms with Crippen molar-refractivity contribution in [3.63, 3.8) is 0 Å². The molecule has 0 aliphatic heterocycles. The second kappa shape index (κ2) is 7.18. The van der Waals surface area contributed by atoms with Gasteiger partial charge in [-0.05, 0) is 36.4 Å². The molecule has 0 unspecified atom stereocenters. The summed E-state index contributed by atoms with van der Waals surface area (Å²) in [7, 11) is 1.67. The number of halogens is 1. The molecule has 0 spiro atoms. The molecule has 26 heavy (non-hydrogen) atoms. The average Bonchev–Trinajstić information content (AvgIpc) is 3.15. The largest absolute Gasteiger partial charge is 0.497 e. The van der Waals surface area contributed by atoms with Gasteiger partial charge in [-0.25, -0.2) is 4.98 Å². The minimum Gasteiger partial charge on any atom is -0.497 e. The van der Waals surface area contributed by atoms with Gasteiger partial charge in [0, 0.05) is 21.2 Å². The minimum atomic E-state index is 0.830. The molecular formula is C22H17BrN2O. The van der Waals surface area contributed by atoms with Crippen molar-refractivity contribution in [2.24, 2.45) is 0 Å². The molecular weight excluding hydrogens is 388 g/mol. The number of aromatic nitrogens is 2. The summed E-state index contributed by atoms with van der Waals surface area (Å²) in [6.45, 7) is 0. The Balaban J connectivity index is 1.85. The number of benzene rings is 3. The number of H-pyrrole nitrogens is 1. The highest BCUT2D eigenvalue weighted by atomic mass is 79.9. The number of hydrogen-bond donors (Lipinski definition) is 1. The fourth-order valence-corrected chi connectivity index (χ4v) is 3.15. The maximum absolute atomic E-state index is 5.25. The highest BCUT2D eigenvalue weighted by Crippen LogP contribution is 2.33. The Morgan fingerprint density at radius 1 is 0.769 bits per heavy atom. The molecule has 4 aromatic rings. The van der Waals surface area contributed by atoms with Crippen LogP contribution in [0.3, 0.4) is 0 Å². The fraction of sp³-hybridized carbons (Fsp3) is 0.0455. The third-order valence-corrected chi connectivity index (χ3v) is 4.78. The third kappa shape index (κ3) is 3.28. The Morgan fingerprint density at radius 2 is 1.42 bits per heavy atom. The van der Waals surface area contributed by atoms with E-state index in [2.05, 4.69) is 45.2 Å². The van der Waals surface area contributed by atoms with Gasteiger partial charge in [0.1, 0.15) is 11.6 Å². The third-order valence-electron chi connectivity index (χ3n) is 4.25. The van der Waals surface area contributed by atoms with E-state index in [-0.39, 0.29) is 0 Å². The molecule has 0 saturated carbocycles. The molecule has 0 fully saturated rings. The van der Waals surface area contributed by atoms with Gasteiger partial charge in [0.15, 0.2) is 0 Å². The van der Waals surface area contributed by atoms with Gasteiger partial charge >= 0.3 is 0 Å². The molecule has 0 radical (unpaired) electrons. The molecule has 3 aromatic carbocycles. The van der Waals surface area contributed by atoms with Gasteiger partial charge in [-0.1, -0.05) is 58.4 Å². The predicted octanol–water partition coefficient (Wildman–Crippen LogP) is 6.18. The second-order valence-corrected chi connectivity index (χ2v) is 6.83. The Morgan fingerprint density at radius 3 is 2.08 bits per heavy atom. The molecule has 0 aliphatic rings. The maximum atomic E-state index is 5.25. The molecule has 1 heterocycles. The van der Waals surface area contributed by atoms with Crippen LogP contribution >= 0.6 is 15.9 Å². The van der Waals surface area contributed by atoms with Crippen LogP contribution in [0.1, 0.15) is 0 Å². The smallest absolute Gasteiger partial charge is 0.138 e. The van der Waals surface area contributed by atoms with Gasteiger partial charge in [-0.2, -0.15) is 0 Å². The summed E-state index contributed by atoms with van der Waals surface area (Å²) in [6, 6.07) is 26.4. The summed E-state index contributed by atoms with van der Waals surface area (Å²) in [6.07, 6.45) is 0. The van der Waals surface area contributed by atoms with Gasteiger partial charge in [-0.15, -0.1) is 0 Å². The molecule has 0 saturated heterocycles. The lowest BCUT2D eigenvalue weighted by atomic mass is 10.1. The quantitative estimate of drug-likeness (QED) is 0.440. The zero-order chi connectivity index (χ0) is 17.9. The van der Waals surface area contributed by atoms with E-state index in [0.717, 1.165) is 44.1 Å². The Labute approximate surface area is 160 Å². The summed E-state index contributed by atoms with van der Waals surface area (Å²) in [5.41, 5.74) is 5.15. The van der Waals surface area contributed by atoms with E-state index in [0.29, 0.717) is 0 Å². The highest BCUT2D eigenvalue weighted by Gasteiger charge is 2.15. The predicted molar refractivity (Wildman–Crippen MR) is 109 cm³/mol. The van der Waals surface area contributed by atoms with E-state index in [1.165, 1.54) is 0 Å². The Kier molecular flexibility index (Phi) is 4.59. The maximum Gasteiger partial charge on any atom is 0.138 e. The van der Waals surface area contributed by atoms with Crippen molar-refractivity contribution in [3.8, 4) is 39.7 Å². The van der Waals surface area contributed by atoms with E-state index in [4.69, 9.17) is 9.72 Å². The first-order valence-corrected chi connectivity index (χ1v) is 9.09. The van der Waals surface area contributed by atoms with Crippen LogP contribution < -0.4 is 4.74 Å². The van der Waals surface area contributed by atoms with Crippen LogP contribution in [0.15, 0.2) is 83.3 Å². The van der Waals surface area contributed by atoms with E-state index >= 15 is 0 Å². The molecule has 1 N–H and O–H groups in total. The molecule has 0 bridgehead atoms. The molecule has 3 nitrogen and oxygen atoms in total. The average molecular weight is 405 g/mol. The number of aromatic amines is 1. The van der Waals surface area contributed by atoms with Gasteiger partial charge < -0.3 is 9.72 Å². The first kappa shape index (κ1) is 16.6. The lowest BCUT2D eigenvalue weighted by Crippen LogP contribution is -1.84. The van der Waals surface area contributed by atoms with E-state index in [1.807, 2.05) is 54.6 Å². The second-order valence-electron chi connectivity index (χ2n) is 5.91. The van der Waals surface area contributed by atoms with Crippen LogP contribution in [0.4, 0.5) is 0 Å². The zero-order valence-corrected chi connectivity index (χ0v) is 15.8. The summed E-state index contributed by atoms with van der Waals surface area (Å²) >= 11 is 3.50. The summed E-state index contributed by atoms with van der Waals surface area (Å²) in [4.78, 5) is 8.40. The number of hydrogen-bond acceptors (Lipinski definition) is 2. The van der Waals surface area contributed by atoms with Crippen molar-refractivity contribution in [1.82, 2.24) is 9.97 Å². The molecule has 0 amide bonds. The molecule has 4 heteroatoms. The van der Waals surface area contributed by atoms with Crippen molar-refractivity contribution in [2.45, 2.75) is 0 Å². The van der Waals surface area contributed by atoms with Crippen LogP contribution in [-0.2, 0) is 0 Å². The van der Waals surface area contributed by atoms with E-state index in [1.54, 1.807) is 7.11 Å². The monoisotopic (exact) mass is 404 g/mol. The van der Waals surface area contributed by atoms with Gasteiger partial charge in [0.2, 0.25) is 0 Å². The lowest BCUT2D eigenvalue weighted by Gasteiger charge is -2.03. The standard InChI is InChI=1S/C22H17BrN2O/c1-26-19-13-9-17(10-14-19)22-24-20(15-5-3-2-4-6-15)21(25-22)16-7-11-18(23)12-8-16/h2-14H,1H3,(H,24,25). The first-order valence-electron chi connectivity index (χ1n) is 8.30. The zero-order valence-electron chi connectivity index (χ0n) is 14.2. The normalized spacial score (nSPS) is 10.7. The molecule has 0 aliphatic carbocycles. The SMILES string of the molecule is COc1ccc(-c2nc(-c3ccccc3)c(-c3ccc(Br)cc3)[nH]2)cc1. The van der Waals surface area contributed by atoms with Crippen LogP contribution in [0.2, 0.25) is 0 Å². The lowest BCUT2D eigenvalue weighted by molar-refractivity contribution is 0.415. The van der Waals surface area contributed by atoms with Crippen molar-refractivity contribution < 1.29 is 4.74 Å². The van der Waals surface area contributed by atoms with Crippen LogP contribution in [0.5, 0.6) is 5.75 Å². The van der Waals surface area contributed by atoms with Crippen molar-refractivity contribution in [3.05, 3.63) is 83.3 Å². The van der Waals surface area contributed by atoms with E-state index < -0.39 is 0 Å². The molecule has 0 atom stereocenters. The number of ether oxygens (including phenoxy) is 1. The number of methoxy groups -OCH3 is 1. The van der Waals surface area contributed by atoms with Gasteiger partial charge in [-0.3, -0.25) is 0 Å².